The normalized spacial score (nSPS) is 8.73. The molecule has 0 fully saturated rings. The van der Waals surface area contributed by atoms with Gasteiger partial charge in [0, 0.05) is 0 Å². The molecule has 0 radical (unpaired) electrons. The minimum atomic E-state index is 0.726. The molecule has 0 saturated heterocycles. The molecule has 0 aliphatic rings. The van der Waals surface area contributed by atoms with Crippen LogP contribution in [-0.4, -0.2) is 26.4 Å². The Labute approximate surface area is 136 Å². The molecule has 0 unspecified atom stereocenters. The van der Waals surface area contributed by atoms with Crippen LogP contribution in [0.1, 0.15) is 38.5 Å². The average Bonchev–Trinajstić information content (AvgIpc) is 2.54. The van der Waals surface area contributed by atoms with E-state index in [-0.39, 0.29) is 0 Å². The van der Waals surface area contributed by atoms with Crippen LogP contribution in [0.15, 0.2) is 51.4 Å². The first kappa shape index (κ1) is 22.4. The van der Waals surface area contributed by atoms with E-state index < -0.39 is 0 Å². The van der Waals surface area contributed by atoms with Gasteiger partial charge in [0.25, 0.3) is 0 Å². The maximum Gasteiger partial charge on any atom is 0.0874 e. The van der Waals surface area contributed by atoms with Crippen molar-refractivity contribution in [3.63, 3.8) is 0 Å². The Bertz CT molecular complexity index is 225. The highest BCUT2D eigenvalue weighted by molar-refractivity contribution is 4.52. The van der Waals surface area contributed by atoms with Crippen LogP contribution in [0.3, 0.4) is 0 Å². The van der Waals surface area contributed by atoms with Gasteiger partial charge in [-0.05, 0) is 38.5 Å². The molecule has 0 amide bonds. The van der Waals surface area contributed by atoms with E-state index in [1.54, 1.807) is 0 Å². The predicted molar refractivity (Wildman–Crippen MR) is 92.3 cm³/mol. The fourth-order valence-electron chi connectivity index (χ4n) is 1.43. The second kappa shape index (κ2) is 24.2. The maximum atomic E-state index is 4.98. The number of rotatable bonds is 16. The van der Waals surface area contributed by atoms with Crippen molar-refractivity contribution in [2.45, 2.75) is 38.5 Å². The SMILES string of the molecule is C=COCCCCCCOC=C.C=COCCCCOC=C. The number of ether oxygens (including phenoxy) is 4. The Morgan fingerprint density at radius 2 is 0.636 bits per heavy atom. The summed E-state index contributed by atoms with van der Waals surface area (Å²) in [6, 6.07) is 0. The maximum absolute atomic E-state index is 4.98. The highest BCUT2D eigenvalue weighted by Gasteiger charge is 1.89. The lowest BCUT2D eigenvalue weighted by atomic mass is 10.2. The lowest BCUT2D eigenvalue weighted by molar-refractivity contribution is 0.206. The van der Waals surface area contributed by atoms with E-state index in [1.807, 2.05) is 0 Å². The first-order chi connectivity index (χ1) is 10.8. The highest BCUT2D eigenvalue weighted by Crippen LogP contribution is 2.00. The number of hydrogen-bond donors (Lipinski definition) is 0. The molecule has 0 rings (SSSR count). The summed E-state index contributed by atoms with van der Waals surface area (Å²) in [7, 11) is 0. The molecule has 4 nitrogen and oxygen atoms in total. The van der Waals surface area contributed by atoms with Gasteiger partial charge in [-0.2, -0.15) is 0 Å². The Morgan fingerprint density at radius 3 is 0.864 bits per heavy atom. The molecule has 0 saturated carbocycles. The van der Waals surface area contributed by atoms with Crippen LogP contribution in [0.5, 0.6) is 0 Å². The Kier molecular flexibility index (Phi) is 24.7. The zero-order valence-electron chi connectivity index (χ0n) is 13.8. The molecule has 128 valence electrons. The fraction of sp³-hybridized carbons (Fsp3) is 0.556. The summed E-state index contributed by atoms with van der Waals surface area (Å²) < 4.78 is 19.7. The molecular weight excluding hydrogens is 280 g/mol. The zero-order chi connectivity index (χ0) is 16.7. The average molecular weight is 312 g/mol. The summed E-state index contributed by atoms with van der Waals surface area (Å²) in [5, 5.41) is 0. The van der Waals surface area contributed by atoms with Crippen LogP contribution in [0, 0.1) is 0 Å². The van der Waals surface area contributed by atoms with Crippen molar-refractivity contribution in [1.29, 1.82) is 0 Å². The van der Waals surface area contributed by atoms with Crippen molar-refractivity contribution < 1.29 is 18.9 Å². The Hall–Kier alpha value is -1.84. The molecule has 0 atom stereocenters. The van der Waals surface area contributed by atoms with Gasteiger partial charge in [-0.1, -0.05) is 26.3 Å². The molecule has 0 aromatic rings. The third-order valence-electron chi connectivity index (χ3n) is 2.52. The summed E-state index contributed by atoms with van der Waals surface area (Å²) in [4.78, 5) is 0. The largest absolute Gasteiger partial charge is 0.502 e. The van der Waals surface area contributed by atoms with Crippen LogP contribution in [0.4, 0.5) is 0 Å². The fourth-order valence-corrected chi connectivity index (χ4v) is 1.43. The summed E-state index contributed by atoms with van der Waals surface area (Å²) in [5.41, 5.74) is 0. The third kappa shape index (κ3) is 26.7. The van der Waals surface area contributed by atoms with Crippen LogP contribution in [0.2, 0.25) is 0 Å². The molecule has 22 heavy (non-hydrogen) atoms. The third-order valence-corrected chi connectivity index (χ3v) is 2.52. The molecule has 0 bridgehead atoms. The first-order valence-corrected chi connectivity index (χ1v) is 7.73. The van der Waals surface area contributed by atoms with E-state index in [2.05, 4.69) is 26.3 Å². The van der Waals surface area contributed by atoms with Crippen molar-refractivity contribution >= 4 is 0 Å². The van der Waals surface area contributed by atoms with Crippen molar-refractivity contribution in [2.24, 2.45) is 0 Å². The summed E-state index contributed by atoms with van der Waals surface area (Å²) >= 11 is 0. The van der Waals surface area contributed by atoms with Crippen molar-refractivity contribution in [3.8, 4) is 0 Å². The highest BCUT2D eigenvalue weighted by atomic mass is 16.5. The van der Waals surface area contributed by atoms with Gasteiger partial charge in [-0.3, -0.25) is 0 Å². The summed E-state index contributed by atoms with van der Waals surface area (Å²) in [5.74, 6) is 0. The lowest BCUT2D eigenvalue weighted by Gasteiger charge is -2.01. The van der Waals surface area contributed by atoms with E-state index in [4.69, 9.17) is 18.9 Å². The topological polar surface area (TPSA) is 36.9 Å². The number of unbranched alkanes of at least 4 members (excludes halogenated alkanes) is 4. The summed E-state index contributed by atoms with van der Waals surface area (Å²) in [6.45, 7) is 16.8. The smallest absolute Gasteiger partial charge is 0.0874 e. The van der Waals surface area contributed by atoms with E-state index in [0.29, 0.717) is 0 Å². The van der Waals surface area contributed by atoms with Crippen LogP contribution < -0.4 is 0 Å². The molecular formula is C18H32O4. The second-order valence-electron chi connectivity index (χ2n) is 4.27. The van der Waals surface area contributed by atoms with Crippen LogP contribution in [-0.2, 0) is 18.9 Å². The van der Waals surface area contributed by atoms with Crippen molar-refractivity contribution in [3.05, 3.63) is 51.4 Å². The minimum Gasteiger partial charge on any atom is -0.502 e. The number of hydrogen-bond acceptors (Lipinski definition) is 4. The van der Waals surface area contributed by atoms with Crippen LogP contribution in [0.25, 0.3) is 0 Å². The standard InChI is InChI=1S/C10H18O2.C8H14O2/c1-3-11-9-7-5-6-8-10-12-4-2;1-3-9-7-5-6-8-10-4-2/h3-4H,1-2,5-10H2;3-4H,1-2,5-8H2. The van der Waals surface area contributed by atoms with Gasteiger partial charge in [-0.15, -0.1) is 0 Å². The van der Waals surface area contributed by atoms with Crippen molar-refractivity contribution in [1.82, 2.24) is 0 Å². The molecule has 0 aliphatic carbocycles. The predicted octanol–water partition coefficient (Wildman–Crippen LogP) is 4.95. The molecule has 0 aliphatic heterocycles. The Balaban J connectivity index is 0. The van der Waals surface area contributed by atoms with E-state index in [0.717, 1.165) is 52.1 Å². The van der Waals surface area contributed by atoms with Crippen molar-refractivity contribution in [2.75, 3.05) is 26.4 Å². The van der Waals surface area contributed by atoms with E-state index in [1.165, 1.54) is 37.9 Å². The van der Waals surface area contributed by atoms with Gasteiger partial charge in [0.05, 0.1) is 51.5 Å². The first-order valence-electron chi connectivity index (χ1n) is 7.73. The minimum absolute atomic E-state index is 0.726. The Morgan fingerprint density at radius 1 is 0.409 bits per heavy atom. The van der Waals surface area contributed by atoms with Gasteiger partial charge < -0.3 is 18.9 Å². The zero-order valence-corrected chi connectivity index (χ0v) is 13.8. The molecule has 0 heterocycles. The lowest BCUT2D eigenvalue weighted by Crippen LogP contribution is -1.91. The monoisotopic (exact) mass is 312 g/mol. The van der Waals surface area contributed by atoms with Gasteiger partial charge >= 0.3 is 0 Å². The van der Waals surface area contributed by atoms with E-state index >= 15 is 0 Å². The van der Waals surface area contributed by atoms with Gasteiger partial charge in [0.1, 0.15) is 0 Å². The van der Waals surface area contributed by atoms with Gasteiger partial charge in [0.15, 0.2) is 0 Å². The second-order valence-corrected chi connectivity index (χ2v) is 4.27. The van der Waals surface area contributed by atoms with Crippen LogP contribution >= 0.6 is 0 Å². The molecule has 0 aromatic heterocycles. The summed E-state index contributed by atoms with van der Waals surface area (Å²) in [6.07, 6.45) is 12.5. The molecule has 4 heteroatoms. The molecule has 0 N–H and O–H groups in total. The quantitative estimate of drug-likeness (QED) is 0.298. The molecule has 0 aromatic carbocycles. The van der Waals surface area contributed by atoms with Gasteiger partial charge in [0.2, 0.25) is 0 Å². The molecule has 0 spiro atoms. The van der Waals surface area contributed by atoms with E-state index in [9.17, 15) is 0 Å². The van der Waals surface area contributed by atoms with Gasteiger partial charge in [-0.25, -0.2) is 0 Å².